The molecule has 3 rings (SSSR count). The summed E-state index contributed by atoms with van der Waals surface area (Å²) in [6, 6.07) is 19.2. The van der Waals surface area contributed by atoms with Crippen LogP contribution in [0.15, 0.2) is 77.7 Å². The molecule has 0 spiro atoms. The summed E-state index contributed by atoms with van der Waals surface area (Å²) in [5.74, 6) is -0.474. The van der Waals surface area contributed by atoms with E-state index in [1.165, 1.54) is 35.6 Å². The van der Waals surface area contributed by atoms with Crippen LogP contribution in [-0.2, 0) is 10.0 Å². The monoisotopic (exact) mass is 434 g/mol. The minimum Gasteiger partial charge on any atom is -0.322 e. The number of halogens is 2. The van der Waals surface area contributed by atoms with Crippen LogP contribution in [-0.4, -0.2) is 21.4 Å². The molecule has 8 heteroatoms. The summed E-state index contributed by atoms with van der Waals surface area (Å²) in [4.78, 5) is 12.6. The molecule has 0 aliphatic carbocycles. The van der Waals surface area contributed by atoms with Gasteiger partial charge in [-0.1, -0.05) is 47.5 Å². The molecule has 0 aliphatic heterocycles. The predicted octanol–water partition coefficient (Wildman–Crippen LogP) is 5.07. The number of para-hydroxylation sites is 1. The maximum atomic E-state index is 12.9. The van der Waals surface area contributed by atoms with Crippen molar-refractivity contribution in [2.45, 2.75) is 4.90 Å². The Bertz CT molecular complexity index is 1100. The normalized spacial score (nSPS) is 11.1. The van der Waals surface area contributed by atoms with Crippen LogP contribution in [0.1, 0.15) is 10.4 Å². The van der Waals surface area contributed by atoms with Gasteiger partial charge in [0.1, 0.15) is 0 Å². The van der Waals surface area contributed by atoms with Gasteiger partial charge in [-0.25, -0.2) is 8.42 Å². The van der Waals surface area contributed by atoms with Crippen molar-refractivity contribution in [1.29, 1.82) is 0 Å². The highest BCUT2D eigenvalue weighted by Gasteiger charge is 2.22. The van der Waals surface area contributed by atoms with Gasteiger partial charge in [0.25, 0.3) is 15.9 Å². The van der Waals surface area contributed by atoms with E-state index < -0.39 is 15.9 Å². The molecule has 0 atom stereocenters. The van der Waals surface area contributed by atoms with E-state index in [0.29, 0.717) is 21.4 Å². The number of benzene rings is 3. The van der Waals surface area contributed by atoms with E-state index in [-0.39, 0.29) is 10.5 Å². The highest BCUT2D eigenvalue weighted by atomic mass is 35.5. The summed E-state index contributed by atoms with van der Waals surface area (Å²) in [7, 11) is -2.36. The smallest absolute Gasteiger partial charge is 0.264 e. The molecule has 0 saturated heterocycles. The number of rotatable bonds is 5. The Labute approximate surface area is 173 Å². The Morgan fingerprint density at radius 3 is 2.18 bits per heavy atom. The summed E-state index contributed by atoms with van der Waals surface area (Å²) in [5, 5.41) is 3.42. The van der Waals surface area contributed by atoms with Crippen LogP contribution >= 0.6 is 23.2 Å². The third-order valence-corrected chi connectivity index (χ3v) is 6.21. The predicted molar refractivity (Wildman–Crippen MR) is 113 cm³/mol. The summed E-state index contributed by atoms with van der Waals surface area (Å²) in [5.41, 5.74) is 1.13. The fourth-order valence-corrected chi connectivity index (χ4v) is 4.33. The first-order valence-corrected chi connectivity index (χ1v) is 10.4. The summed E-state index contributed by atoms with van der Waals surface area (Å²) < 4.78 is 27.0. The fraction of sp³-hybridized carbons (Fsp3) is 0.0500. The van der Waals surface area contributed by atoms with Crippen LogP contribution in [0.4, 0.5) is 11.4 Å². The van der Waals surface area contributed by atoms with Gasteiger partial charge in [0, 0.05) is 28.3 Å². The molecule has 144 valence electrons. The average molecular weight is 435 g/mol. The second-order valence-corrected chi connectivity index (χ2v) is 8.79. The average Bonchev–Trinajstić information content (AvgIpc) is 2.67. The van der Waals surface area contributed by atoms with Crippen molar-refractivity contribution < 1.29 is 13.2 Å². The highest BCUT2D eigenvalue weighted by Crippen LogP contribution is 2.25. The Morgan fingerprint density at radius 1 is 0.893 bits per heavy atom. The van der Waals surface area contributed by atoms with E-state index in [1.807, 2.05) is 0 Å². The van der Waals surface area contributed by atoms with E-state index in [0.717, 1.165) is 0 Å². The molecule has 0 aliphatic rings. The standard InChI is InChI=1S/C20H16Cl2N2O3S/c1-24(18-7-3-2-4-8-18)28(26,27)19-9-5-6-14(10-19)20(25)23-17-12-15(21)11-16(22)13-17/h2-13H,1H3,(H,23,25). The second kappa shape index (κ2) is 8.22. The van der Waals surface area contributed by atoms with Crippen LogP contribution in [0, 0.1) is 0 Å². The molecule has 3 aromatic rings. The lowest BCUT2D eigenvalue weighted by molar-refractivity contribution is 0.102. The van der Waals surface area contributed by atoms with Crippen molar-refractivity contribution in [3.63, 3.8) is 0 Å². The maximum Gasteiger partial charge on any atom is 0.264 e. The first-order valence-electron chi connectivity index (χ1n) is 8.19. The van der Waals surface area contributed by atoms with Crippen molar-refractivity contribution in [3.05, 3.63) is 88.4 Å². The number of hydrogen-bond donors (Lipinski definition) is 1. The van der Waals surface area contributed by atoms with Crippen molar-refractivity contribution in [2.24, 2.45) is 0 Å². The molecule has 0 fully saturated rings. The van der Waals surface area contributed by atoms with Crippen LogP contribution in [0.25, 0.3) is 0 Å². The Morgan fingerprint density at radius 2 is 1.54 bits per heavy atom. The minimum atomic E-state index is -3.82. The van der Waals surface area contributed by atoms with Gasteiger partial charge in [-0.3, -0.25) is 9.10 Å². The molecular formula is C20H16Cl2N2O3S. The summed E-state index contributed by atoms with van der Waals surface area (Å²) in [6.07, 6.45) is 0. The number of carbonyl (C=O) groups is 1. The van der Waals surface area contributed by atoms with Gasteiger partial charge >= 0.3 is 0 Å². The number of sulfonamides is 1. The van der Waals surface area contributed by atoms with Crippen molar-refractivity contribution >= 4 is 50.5 Å². The zero-order valence-electron chi connectivity index (χ0n) is 14.8. The largest absolute Gasteiger partial charge is 0.322 e. The minimum absolute atomic E-state index is 0.00984. The number of hydrogen-bond acceptors (Lipinski definition) is 3. The zero-order valence-corrected chi connectivity index (χ0v) is 17.1. The van der Waals surface area contributed by atoms with E-state index >= 15 is 0 Å². The van der Waals surface area contributed by atoms with Crippen molar-refractivity contribution in [3.8, 4) is 0 Å². The molecule has 1 N–H and O–H groups in total. The Hall–Kier alpha value is -2.54. The Balaban J connectivity index is 1.88. The number of anilines is 2. The third-order valence-electron chi connectivity index (χ3n) is 3.99. The number of carbonyl (C=O) groups excluding carboxylic acids is 1. The van der Waals surface area contributed by atoms with Gasteiger partial charge < -0.3 is 5.32 Å². The SMILES string of the molecule is CN(c1ccccc1)S(=O)(=O)c1cccc(C(=O)Nc2cc(Cl)cc(Cl)c2)c1. The van der Waals surface area contributed by atoms with Crippen molar-refractivity contribution in [1.82, 2.24) is 0 Å². The molecular weight excluding hydrogens is 419 g/mol. The van der Waals surface area contributed by atoms with Crippen LogP contribution in [0.2, 0.25) is 10.0 Å². The first-order chi connectivity index (χ1) is 13.3. The number of nitrogens with zero attached hydrogens (tertiary/aromatic N) is 1. The molecule has 0 radical (unpaired) electrons. The van der Waals surface area contributed by atoms with E-state index in [4.69, 9.17) is 23.2 Å². The van der Waals surface area contributed by atoms with Gasteiger partial charge in [0.05, 0.1) is 10.6 Å². The molecule has 0 saturated carbocycles. The molecule has 0 aromatic heterocycles. The fourth-order valence-electron chi connectivity index (χ4n) is 2.56. The lowest BCUT2D eigenvalue weighted by Crippen LogP contribution is -2.26. The Kier molecular flexibility index (Phi) is 5.93. The van der Waals surface area contributed by atoms with Crippen molar-refractivity contribution in [2.75, 3.05) is 16.7 Å². The number of nitrogens with one attached hydrogen (secondary N) is 1. The summed E-state index contributed by atoms with van der Waals surface area (Å²) in [6.45, 7) is 0. The third kappa shape index (κ3) is 4.47. The van der Waals surface area contributed by atoms with Gasteiger partial charge in [0.2, 0.25) is 0 Å². The molecule has 3 aromatic carbocycles. The molecule has 1 amide bonds. The quantitative estimate of drug-likeness (QED) is 0.609. The molecule has 0 heterocycles. The molecule has 28 heavy (non-hydrogen) atoms. The maximum absolute atomic E-state index is 12.9. The van der Waals surface area contributed by atoms with Gasteiger partial charge in [-0.2, -0.15) is 0 Å². The molecule has 0 bridgehead atoms. The topological polar surface area (TPSA) is 66.5 Å². The van der Waals surface area contributed by atoms with Crippen LogP contribution in [0.5, 0.6) is 0 Å². The second-order valence-electron chi connectivity index (χ2n) is 5.95. The molecule has 0 unspecified atom stereocenters. The lowest BCUT2D eigenvalue weighted by Gasteiger charge is -2.19. The zero-order chi connectivity index (χ0) is 20.3. The first kappa shape index (κ1) is 20.2. The molecule has 5 nitrogen and oxygen atoms in total. The summed E-state index contributed by atoms with van der Waals surface area (Å²) >= 11 is 11.9. The van der Waals surface area contributed by atoms with Gasteiger partial charge in [-0.15, -0.1) is 0 Å². The van der Waals surface area contributed by atoms with Crippen LogP contribution in [0.3, 0.4) is 0 Å². The van der Waals surface area contributed by atoms with E-state index in [2.05, 4.69) is 5.32 Å². The van der Waals surface area contributed by atoms with E-state index in [9.17, 15) is 13.2 Å². The van der Waals surface area contributed by atoms with E-state index in [1.54, 1.807) is 48.5 Å². The number of amides is 1. The lowest BCUT2D eigenvalue weighted by atomic mass is 10.2. The van der Waals surface area contributed by atoms with Gasteiger partial charge in [-0.05, 0) is 48.5 Å². The van der Waals surface area contributed by atoms with Gasteiger partial charge in [0.15, 0.2) is 0 Å². The highest BCUT2D eigenvalue weighted by molar-refractivity contribution is 7.92. The van der Waals surface area contributed by atoms with Crippen LogP contribution < -0.4 is 9.62 Å².